The zero-order valence-corrected chi connectivity index (χ0v) is 13.1. The van der Waals surface area contributed by atoms with E-state index in [2.05, 4.69) is 5.32 Å². The average Bonchev–Trinajstić information content (AvgIpc) is 2.57. The van der Waals surface area contributed by atoms with Gasteiger partial charge in [-0.15, -0.1) is 0 Å². The van der Waals surface area contributed by atoms with E-state index in [1.165, 1.54) is 0 Å². The number of carbonyl (C=O) groups excluding carboxylic acids is 1. The number of nitrogens with zero attached hydrogens (tertiary/aromatic N) is 2. The van der Waals surface area contributed by atoms with Crippen molar-refractivity contribution >= 4 is 11.6 Å². The summed E-state index contributed by atoms with van der Waals surface area (Å²) in [5.41, 5.74) is 2.07. The number of rotatable bonds is 3. The number of nitro benzene ring substituents is 1. The van der Waals surface area contributed by atoms with E-state index in [1.807, 2.05) is 26.8 Å². The lowest BCUT2D eigenvalue weighted by atomic mass is 9.99. The van der Waals surface area contributed by atoms with Gasteiger partial charge in [0, 0.05) is 18.7 Å². The van der Waals surface area contributed by atoms with Gasteiger partial charge in [-0.1, -0.05) is 6.07 Å². The topological polar surface area (TPSA) is 75.5 Å². The van der Waals surface area contributed by atoms with Crippen molar-refractivity contribution in [3.63, 3.8) is 0 Å². The van der Waals surface area contributed by atoms with Crippen LogP contribution in [-0.2, 0) is 11.2 Å². The van der Waals surface area contributed by atoms with E-state index in [4.69, 9.17) is 0 Å². The Morgan fingerprint density at radius 3 is 2.48 bits per heavy atom. The van der Waals surface area contributed by atoms with E-state index < -0.39 is 5.66 Å². The first kappa shape index (κ1) is 15.4. The van der Waals surface area contributed by atoms with Crippen molar-refractivity contribution in [3.8, 4) is 0 Å². The van der Waals surface area contributed by atoms with Crippen LogP contribution in [-0.4, -0.2) is 34.5 Å². The van der Waals surface area contributed by atoms with E-state index >= 15 is 0 Å². The fourth-order valence-electron chi connectivity index (χ4n) is 2.69. The SMILES string of the molecule is Cc1cc(C[C@@H]2NC(C)(C)N(C)C2=O)cc([N+](=O)[O-])c1C. The summed E-state index contributed by atoms with van der Waals surface area (Å²) in [6.45, 7) is 7.47. The van der Waals surface area contributed by atoms with Gasteiger partial charge in [0.1, 0.15) is 0 Å². The monoisotopic (exact) mass is 291 g/mol. The van der Waals surface area contributed by atoms with Crippen molar-refractivity contribution in [3.05, 3.63) is 38.9 Å². The number of aryl methyl sites for hydroxylation is 1. The summed E-state index contributed by atoms with van der Waals surface area (Å²) >= 11 is 0. The number of amides is 1. The lowest BCUT2D eigenvalue weighted by Crippen LogP contribution is -2.45. The second kappa shape index (κ2) is 5.11. The molecule has 1 aromatic carbocycles. The van der Waals surface area contributed by atoms with Crippen LogP contribution in [0, 0.1) is 24.0 Å². The number of hydrogen-bond acceptors (Lipinski definition) is 4. The van der Waals surface area contributed by atoms with E-state index in [9.17, 15) is 14.9 Å². The average molecular weight is 291 g/mol. The molecule has 6 heteroatoms. The first-order valence-electron chi connectivity index (χ1n) is 6.93. The Labute approximate surface area is 124 Å². The standard InChI is InChI=1S/C15H21N3O3/c1-9-6-11(8-13(10(9)2)18(20)21)7-12-14(19)17(5)15(3,4)16-12/h6,8,12,16H,7H2,1-5H3/t12-/m0/s1. The molecule has 0 aromatic heterocycles. The Kier molecular flexibility index (Phi) is 3.76. The van der Waals surface area contributed by atoms with Crippen molar-refractivity contribution in [1.29, 1.82) is 0 Å². The second-order valence-corrected chi connectivity index (χ2v) is 6.17. The smallest absolute Gasteiger partial charge is 0.272 e. The van der Waals surface area contributed by atoms with Crippen LogP contribution in [0.3, 0.4) is 0 Å². The largest absolute Gasteiger partial charge is 0.327 e. The summed E-state index contributed by atoms with van der Waals surface area (Å²) in [6, 6.07) is 3.15. The minimum absolute atomic E-state index is 0.0147. The number of nitro groups is 1. The maximum atomic E-state index is 12.2. The molecule has 0 spiro atoms. The summed E-state index contributed by atoms with van der Waals surface area (Å²) in [4.78, 5) is 24.6. The van der Waals surface area contributed by atoms with Crippen LogP contribution in [0.5, 0.6) is 0 Å². The fourth-order valence-corrected chi connectivity index (χ4v) is 2.69. The van der Waals surface area contributed by atoms with Crippen LogP contribution in [0.2, 0.25) is 0 Å². The molecule has 1 atom stereocenters. The lowest BCUT2D eigenvalue weighted by Gasteiger charge is -2.27. The molecule has 1 amide bonds. The highest BCUT2D eigenvalue weighted by Gasteiger charge is 2.41. The lowest BCUT2D eigenvalue weighted by molar-refractivity contribution is -0.385. The van der Waals surface area contributed by atoms with Crippen molar-refractivity contribution in [2.75, 3.05) is 7.05 Å². The molecule has 1 aliphatic rings. The number of hydrogen-bond donors (Lipinski definition) is 1. The van der Waals surface area contributed by atoms with Gasteiger partial charge in [0.25, 0.3) is 5.69 Å². The van der Waals surface area contributed by atoms with Gasteiger partial charge >= 0.3 is 0 Å². The van der Waals surface area contributed by atoms with Crippen LogP contribution in [0.4, 0.5) is 5.69 Å². The third-order valence-corrected chi connectivity index (χ3v) is 4.33. The molecular formula is C15H21N3O3. The molecule has 0 bridgehead atoms. The van der Waals surface area contributed by atoms with E-state index in [-0.39, 0.29) is 22.6 Å². The highest BCUT2D eigenvalue weighted by molar-refractivity contribution is 5.85. The number of likely N-dealkylation sites (N-methyl/N-ethyl adjacent to an activating group) is 1. The van der Waals surface area contributed by atoms with Gasteiger partial charge in [0.2, 0.25) is 5.91 Å². The molecule has 0 unspecified atom stereocenters. The van der Waals surface area contributed by atoms with Gasteiger partial charge in [-0.3, -0.25) is 20.2 Å². The normalized spacial score (nSPS) is 20.9. The predicted molar refractivity (Wildman–Crippen MR) is 80.0 cm³/mol. The number of benzene rings is 1. The van der Waals surface area contributed by atoms with E-state index in [0.717, 1.165) is 11.1 Å². The van der Waals surface area contributed by atoms with Crippen LogP contribution >= 0.6 is 0 Å². The third-order valence-electron chi connectivity index (χ3n) is 4.33. The summed E-state index contributed by atoms with van der Waals surface area (Å²) in [6.07, 6.45) is 0.453. The van der Waals surface area contributed by atoms with Gasteiger partial charge in [-0.2, -0.15) is 0 Å². The summed E-state index contributed by atoms with van der Waals surface area (Å²) in [7, 11) is 1.76. The highest BCUT2D eigenvalue weighted by atomic mass is 16.6. The highest BCUT2D eigenvalue weighted by Crippen LogP contribution is 2.26. The summed E-state index contributed by atoms with van der Waals surface area (Å²) in [5.74, 6) is 0.0147. The zero-order valence-electron chi connectivity index (χ0n) is 13.1. The molecule has 1 N–H and O–H groups in total. The fraction of sp³-hybridized carbons (Fsp3) is 0.533. The van der Waals surface area contributed by atoms with Crippen LogP contribution in [0.15, 0.2) is 12.1 Å². The summed E-state index contributed by atoms with van der Waals surface area (Å²) < 4.78 is 0. The molecule has 1 fully saturated rings. The first-order valence-corrected chi connectivity index (χ1v) is 6.93. The van der Waals surface area contributed by atoms with Gasteiger partial charge in [0.15, 0.2) is 0 Å². The molecule has 21 heavy (non-hydrogen) atoms. The van der Waals surface area contributed by atoms with Crippen LogP contribution < -0.4 is 5.32 Å². The minimum atomic E-state index is -0.395. The zero-order chi connectivity index (χ0) is 15.9. The Balaban J connectivity index is 2.29. The molecule has 1 aliphatic heterocycles. The van der Waals surface area contributed by atoms with Gasteiger partial charge < -0.3 is 4.90 Å². The van der Waals surface area contributed by atoms with Crippen molar-refractivity contribution in [2.24, 2.45) is 0 Å². The Bertz CT molecular complexity index is 610. The Hall–Kier alpha value is -1.95. The Morgan fingerprint density at radius 1 is 1.38 bits per heavy atom. The molecule has 0 aliphatic carbocycles. The predicted octanol–water partition coefficient (Wildman–Crippen LogP) is 1.92. The molecule has 114 valence electrons. The molecule has 0 radical (unpaired) electrons. The van der Waals surface area contributed by atoms with Gasteiger partial charge in [0.05, 0.1) is 16.6 Å². The molecule has 6 nitrogen and oxygen atoms in total. The summed E-state index contributed by atoms with van der Waals surface area (Å²) in [5, 5.41) is 14.4. The van der Waals surface area contributed by atoms with Gasteiger partial charge in [-0.05, 0) is 45.2 Å². The molecule has 1 aromatic rings. The van der Waals surface area contributed by atoms with Crippen LogP contribution in [0.25, 0.3) is 0 Å². The number of carbonyl (C=O) groups is 1. The van der Waals surface area contributed by atoms with Gasteiger partial charge in [-0.25, -0.2) is 0 Å². The molecule has 1 saturated heterocycles. The molecule has 2 rings (SSSR count). The first-order chi connectivity index (χ1) is 9.63. The maximum absolute atomic E-state index is 12.2. The van der Waals surface area contributed by atoms with Crippen molar-refractivity contribution in [2.45, 2.75) is 45.8 Å². The van der Waals surface area contributed by atoms with E-state index in [0.29, 0.717) is 12.0 Å². The number of nitrogens with one attached hydrogen (secondary N) is 1. The quantitative estimate of drug-likeness (QED) is 0.682. The van der Waals surface area contributed by atoms with Crippen LogP contribution in [0.1, 0.15) is 30.5 Å². The molecular weight excluding hydrogens is 270 g/mol. The third kappa shape index (κ3) is 2.76. The minimum Gasteiger partial charge on any atom is -0.327 e. The molecule has 0 saturated carbocycles. The maximum Gasteiger partial charge on any atom is 0.272 e. The molecule has 1 heterocycles. The van der Waals surface area contributed by atoms with Crippen molar-refractivity contribution in [1.82, 2.24) is 10.2 Å². The Morgan fingerprint density at radius 2 is 2.00 bits per heavy atom. The van der Waals surface area contributed by atoms with E-state index in [1.54, 1.807) is 24.9 Å². The van der Waals surface area contributed by atoms with Crippen molar-refractivity contribution < 1.29 is 9.72 Å². The second-order valence-electron chi connectivity index (χ2n) is 6.17.